The summed E-state index contributed by atoms with van der Waals surface area (Å²) in [5.41, 5.74) is 8.06. The van der Waals surface area contributed by atoms with Crippen LogP contribution in [0, 0.1) is 5.82 Å². The Hall–Kier alpha value is -4.73. The molecule has 1 fully saturated rings. The van der Waals surface area contributed by atoms with Gasteiger partial charge in [0.1, 0.15) is 30.3 Å². The summed E-state index contributed by atoms with van der Waals surface area (Å²) in [4.78, 5) is 54.7. The number of piperazine rings is 1. The Balaban J connectivity index is 1.45. The van der Waals surface area contributed by atoms with Gasteiger partial charge in [0.15, 0.2) is 0 Å². The van der Waals surface area contributed by atoms with Crippen LogP contribution in [0.3, 0.4) is 0 Å². The molecule has 9 nitrogen and oxygen atoms in total. The molecule has 4 rings (SSSR count). The van der Waals surface area contributed by atoms with Gasteiger partial charge in [-0.05, 0) is 53.8 Å². The zero-order valence-electron chi connectivity index (χ0n) is 24.2. The third-order valence-corrected chi connectivity index (χ3v) is 7.58. The highest BCUT2D eigenvalue weighted by Crippen LogP contribution is 2.23. The second-order valence-corrected chi connectivity index (χ2v) is 10.5. The number of hydrogen-bond donors (Lipinski definition) is 2. The average molecular weight is 589 g/mol. The molecule has 1 heterocycles. The summed E-state index contributed by atoms with van der Waals surface area (Å²) in [7, 11) is 1.51. The molecular formula is C33H37FN4O5. The van der Waals surface area contributed by atoms with Crippen LogP contribution < -0.4 is 15.8 Å². The van der Waals surface area contributed by atoms with Gasteiger partial charge < -0.3 is 25.6 Å². The summed E-state index contributed by atoms with van der Waals surface area (Å²) in [5, 5.41) is 2.66. The predicted octanol–water partition coefficient (Wildman–Crippen LogP) is 3.00. The van der Waals surface area contributed by atoms with Crippen molar-refractivity contribution in [2.24, 2.45) is 5.73 Å². The minimum absolute atomic E-state index is 0.0564. The lowest BCUT2D eigenvalue weighted by Crippen LogP contribution is -2.63. The number of amides is 4. The lowest BCUT2D eigenvalue weighted by Gasteiger charge is -2.43. The van der Waals surface area contributed by atoms with Crippen molar-refractivity contribution >= 4 is 23.6 Å². The van der Waals surface area contributed by atoms with E-state index in [1.54, 1.807) is 12.1 Å². The molecule has 1 saturated heterocycles. The van der Waals surface area contributed by atoms with Gasteiger partial charge in [-0.3, -0.25) is 19.2 Å². The van der Waals surface area contributed by atoms with Crippen molar-refractivity contribution in [3.8, 4) is 5.75 Å². The number of benzene rings is 3. The van der Waals surface area contributed by atoms with Gasteiger partial charge in [0, 0.05) is 39.4 Å². The van der Waals surface area contributed by atoms with E-state index in [1.807, 2.05) is 54.6 Å². The molecule has 0 bridgehead atoms. The number of carbonyl (C=O) groups is 4. The smallest absolute Gasteiger partial charge is 0.246 e. The number of halogens is 1. The molecule has 3 aromatic rings. The fourth-order valence-electron chi connectivity index (χ4n) is 5.22. The molecule has 43 heavy (non-hydrogen) atoms. The Kier molecular flexibility index (Phi) is 10.9. The van der Waals surface area contributed by atoms with Crippen LogP contribution in [0.2, 0.25) is 0 Å². The minimum Gasteiger partial charge on any atom is -0.489 e. The van der Waals surface area contributed by atoms with E-state index in [4.69, 9.17) is 10.5 Å². The zero-order chi connectivity index (χ0) is 30.8. The average Bonchev–Trinajstić information content (AvgIpc) is 3.02. The standard InChI is InChI=1S/C33H37FN4O5/c1-36-32(41)29(21-24-9-14-27(15-10-24)43-22-25-5-3-2-4-6-25)38-20-19-37(28(33(38)42)16-17-30(35)39)31(40)18-11-23-7-12-26(34)13-8-23/h2-10,12-15,28-29H,11,16-22H2,1H3,(H2,35,39)(H,36,41). The SMILES string of the molecule is CNC(=O)C(Cc1ccc(OCc2ccccc2)cc1)N1CCN(C(=O)CCc2ccc(F)cc2)C(CCC(N)=O)C1=O. The van der Waals surface area contributed by atoms with Crippen LogP contribution >= 0.6 is 0 Å². The minimum atomic E-state index is -0.928. The number of nitrogens with zero attached hydrogens (tertiary/aromatic N) is 2. The van der Waals surface area contributed by atoms with E-state index in [1.165, 1.54) is 29.0 Å². The van der Waals surface area contributed by atoms with E-state index in [-0.39, 0.29) is 56.4 Å². The molecule has 0 aromatic heterocycles. The third kappa shape index (κ3) is 8.64. The number of ether oxygens (including phenoxy) is 1. The molecule has 0 aliphatic carbocycles. The summed E-state index contributed by atoms with van der Waals surface area (Å²) in [6, 6.07) is 21.3. The molecule has 3 N–H and O–H groups in total. The highest BCUT2D eigenvalue weighted by atomic mass is 19.1. The van der Waals surface area contributed by atoms with Gasteiger partial charge >= 0.3 is 0 Å². The summed E-state index contributed by atoms with van der Waals surface area (Å²) < 4.78 is 19.1. The first kappa shape index (κ1) is 31.2. The number of rotatable bonds is 13. The van der Waals surface area contributed by atoms with E-state index in [9.17, 15) is 23.6 Å². The van der Waals surface area contributed by atoms with Crippen LogP contribution in [0.5, 0.6) is 5.75 Å². The second kappa shape index (κ2) is 14.9. The Morgan fingerprint density at radius 3 is 2.26 bits per heavy atom. The Labute approximate surface area is 250 Å². The summed E-state index contributed by atoms with van der Waals surface area (Å²) in [6.45, 7) is 0.789. The number of primary amides is 1. The van der Waals surface area contributed by atoms with Crippen molar-refractivity contribution in [1.82, 2.24) is 15.1 Å². The van der Waals surface area contributed by atoms with Gasteiger partial charge in [-0.25, -0.2) is 4.39 Å². The first-order valence-electron chi connectivity index (χ1n) is 14.3. The lowest BCUT2D eigenvalue weighted by atomic mass is 9.98. The summed E-state index contributed by atoms with van der Waals surface area (Å²) >= 11 is 0. The fraction of sp³-hybridized carbons (Fsp3) is 0.333. The van der Waals surface area contributed by atoms with Crippen LogP contribution in [0.4, 0.5) is 4.39 Å². The molecule has 0 saturated carbocycles. The first-order chi connectivity index (χ1) is 20.7. The number of hydrogen-bond acceptors (Lipinski definition) is 5. The molecule has 4 amide bonds. The highest BCUT2D eigenvalue weighted by molar-refractivity contribution is 5.93. The van der Waals surface area contributed by atoms with Crippen molar-refractivity contribution < 1.29 is 28.3 Å². The quantitative estimate of drug-likeness (QED) is 0.318. The van der Waals surface area contributed by atoms with Crippen LogP contribution in [0.15, 0.2) is 78.9 Å². The Morgan fingerprint density at radius 1 is 0.930 bits per heavy atom. The Morgan fingerprint density at radius 2 is 1.60 bits per heavy atom. The first-order valence-corrected chi connectivity index (χ1v) is 14.3. The molecule has 226 valence electrons. The maximum Gasteiger partial charge on any atom is 0.246 e. The van der Waals surface area contributed by atoms with Crippen molar-refractivity contribution in [2.75, 3.05) is 20.1 Å². The number of nitrogens with one attached hydrogen (secondary N) is 1. The maximum atomic E-state index is 13.8. The van der Waals surface area contributed by atoms with Crippen molar-refractivity contribution in [3.05, 3.63) is 101 Å². The zero-order valence-corrected chi connectivity index (χ0v) is 24.2. The number of carbonyl (C=O) groups excluding carboxylic acids is 4. The van der Waals surface area contributed by atoms with Gasteiger partial charge in [-0.2, -0.15) is 0 Å². The van der Waals surface area contributed by atoms with E-state index in [2.05, 4.69) is 5.32 Å². The van der Waals surface area contributed by atoms with Crippen LogP contribution in [-0.2, 0) is 38.6 Å². The van der Waals surface area contributed by atoms with Gasteiger partial charge in [0.2, 0.25) is 23.6 Å². The molecule has 10 heteroatoms. The summed E-state index contributed by atoms with van der Waals surface area (Å²) in [5.74, 6) is -1.25. The molecule has 1 aliphatic rings. The fourth-order valence-corrected chi connectivity index (χ4v) is 5.22. The number of likely N-dealkylation sites (N-methyl/N-ethyl adjacent to an activating group) is 1. The lowest BCUT2D eigenvalue weighted by molar-refractivity contribution is -0.156. The van der Waals surface area contributed by atoms with E-state index >= 15 is 0 Å². The van der Waals surface area contributed by atoms with Crippen LogP contribution in [-0.4, -0.2) is 65.6 Å². The number of aryl methyl sites for hydroxylation is 1. The molecule has 2 unspecified atom stereocenters. The van der Waals surface area contributed by atoms with E-state index in [0.29, 0.717) is 18.8 Å². The topological polar surface area (TPSA) is 122 Å². The van der Waals surface area contributed by atoms with Gasteiger partial charge in [-0.1, -0.05) is 54.6 Å². The van der Waals surface area contributed by atoms with Crippen LogP contribution in [0.25, 0.3) is 0 Å². The molecule has 0 radical (unpaired) electrons. The van der Waals surface area contributed by atoms with Crippen molar-refractivity contribution in [1.29, 1.82) is 0 Å². The van der Waals surface area contributed by atoms with Crippen molar-refractivity contribution in [3.63, 3.8) is 0 Å². The molecule has 2 atom stereocenters. The van der Waals surface area contributed by atoms with Gasteiger partial charge in [-0.15, -0.1) is 0 Å². The third-order valence-electron chi connectivity index (χ3n) is 7.58. The second-order valence-electron chi connectivity index (χ2n) is 10.5. The Bertz CT molecular complexity index is 1400. The normalized spacial score (nSPS) is 15.6. The largest absolute Gasteiger partial charge is 0.489 e. The highest BCUT2D eigenvalue weighted by Gasteiger charge is 2.41. The predicted molar refractivity (Wildman–Crippen MR) is 159 cm³/mol. The van der Waals surface area contributed by atoms with Crippen LogP contribution in [0.1, 0.15) is 36.0 Å². The maximum absolute atomic E-state index is 13.8. The molecule has 0 spiro atoms. The van der Waals surface area contributed by atoms with E-state index in [0.717, 1.165) is 16.7 Å². The summed E-state index contributed by atoms with van der Waals surface area (Å²) in [6.07, 6.45) is 0.721. The van der Waals surface area contributed by atoms with Crippen molar-refractivity contribution in [2.45, 2.75) is 50.8 Å². The van der Waals surface area contributed by atoms with E-state index < -0.39 is 23.9 Å². The molecular weight excluding hydrogens is 551 g/mol. The van der Waals surface area contributed by atoms with Gasteiger partial charge in [0.05, 0.1) is 0 Å². The van der Waals surface area contributed by atoms with Gasteiger partial charge in [0.25, 0.3) is 0 Å². The number of nitrogens with two attached hydrogens (primary N) is 1. The molecule has 1 aliphatic heterocycles. The monoisotopic (exact) mass is 588 g/mol. The molecule has 3 aromatic carbocycles.